The van der Waals surface area contributed by atoms with Crippen LogP contribution in [0.5, 0.6) is 5.75 Å². The Labute approximate surface area is 177 Å². The molecule has 160 valence electrons. The maximum Gasteiger partial charge on any atom is 0.359 e. The summed E-state index contributed by atoms with van der Waals surface area (Å²) < 4.78 is 25.0. The topological polar surface area (TPSA) is 99.5 Å². The van der Waals surface area contributed by atoms with E-state index in [1.807, 2.05) is 18.2 Å². The van der Waals surface area contributed by atoms with E-state index in [-0.39, 0.29) is 24.5 Å². The van der Waals surface area contributed by atoms with E-state index in [2.05, 4.69) is 10.4 Å². The van der Waals surface area contributed by atoms with Crippen molar-refractivity contribution in [2.24, 2.45) is 0 Å². The lowest BCUT2D eigenvalue weighted by Gasteiger charge is -2.14. The van der Waals surface area contributed by atoms with Crippen LogP contribution in [0.3, 0.4) is 0 Å². The molecule has 0 spiro atoms. The van der Waals surface area contributed by atoms with Gasteiger partial charge < -0.3 is 14.8 Å². The van der Waals surface area contributed by atoms with Crippen LogP contribution in [0.2, 0.25) is 0 Å². The molecule has 3 rings (SSSR count). The van der Waals surface area contributed by atoms with Crippen molar-refractivity contribution in [2.75, 3.05) is 11.9 Å². The number of anilines is 1. The van der Waals surface area contributed by atoms with E-state index >= 15 is 0 Å². The molecule has 0 bridgehead atoms. The van der Waals surface area contributed by atoms with Crippen LogP contribution in [0.1, 0.15) is 17.4 Å². The molecule has 1 amide bonds. The van der Waals surface area contributed by atoms with Gasteiger partial charge in [-0.25, -0.2) is 13.9 Å². The van der Waals surface area contributed by atoms with Gasteiger partial charge in [-0.15, -0.1) is 0 Å². The van der Waals surface area contributed by atoms with Crippen LogP contribution in [-0.4, -0.2) is 34.4 Å². The van der Waals surface area contributed by atoms with Crippen LogP contribution >= 0.6 is 0 Å². The predicted octanol–water partition coefficient (Wildman–Crippen LogP) is 2.65. The molecule has 8 nitrogen and oxygen atoms in total. The summed E-state index contributed by atoms with van der Waals surface area (Å²) in [6, 6.07) is 16.8. The van der Waals surface area contributed by atoms with Gasteiger partial charge in [0.25, 0.3) is 11.5 Å². The van der Waals surface area contributed by atoms with Crippen molar-refractivity contribution in [1.29, 1.82) is 0 Å². The Hall–Kier alpha value is -4.01. The van der Waals surface area contributed by atoms with Gasteiger partial charge in [-0.2, -0.15) is 5.10 Å². The van der Waals surface area contributed by atoms with E-state index in [0.717, 1.165) is 10.7 Å². The Kier molecular flexibility index (Phi) is 7.10. The lowest BCUT2D eigenvalue weighted by atomic mass is 10.3. The quantitative estimate of drug-likeness (QED) is 0.557. The van der Waals surface area contributed by atoms with Crippen molar-refractivity contribution in [1.82, 2.24) is 9.78 Å². The summed E-state index contributed by atoms with van der Waals surface area (Å²) >= 11 is 0. The van der Waals surface area contributed by atoms with Crippen LogP contribution in [0.4, 0.5) is 10.1 Å². The number of nitrogens with zero attached hydrogens (tertiary/aromatic N) is 2. The normalized spacial score (nSPS) is 11.4. The van der Waals surface area contributed by atoms with Crippen molar-refractivity contribution in [3.8, 4) is 5.75 Å². The van der Waals surface area contributed by atoms with Gasteiger partial charge in [0, 0.05) is 11.8 Å². The third-order valence-electron chi connectivity index (χ3n) is 4.14. The number of ether oxygens (including phenoxy) is 2. The smallest absolute Gasteiger partial charge is 0.359 e. The summed E-state index contributed by atoms with van der Waals surface area (Å²) in [5, 5.41) is 6.43. The fourth-order valence-corrected chi connectivity index (χ4v) is 2.57. The fraction of sp³-hybridized carbons (Fsp3) is 0.182. The molecule has 1 aromatic heterocycles. The van der Waals surface area contributed by atoms with Crippen LogP contribution in [0, 0.1) is 5.82 Å². The molecule has 0 fully saturated rings. The largest absolute Gasteiger partial charge is 0.492 e. The number of halogens is 1. The number of amides is 1. The van der Waals surface area contributed by atoms with Crippen molar-refractivity contribution in [3.63, 3.8) is 0 Å². The van der Waals surface area contributed by atoms with Crippen molar-refractivity contribution in [3.05, 3.63) is 88.6 Å². The first-order chi connectivity index (χ1) is 14.9. The molecule has 0 aliphatic heterocycles. The first kappa shape index (κ1) is 21.7. The number of hydrogen-bond acceptors (Lipinski definition) is 6. The average molecular weight is 425 g/mol. The molecule has 3 aromatic rings. The molecule has 0 saturated heterocycles. The van der Waals surface area contributed by atoms with Crippen LogP contribution in [0.25, 0.3) is 0 Å². The highest BCUT2D eigenvalue weighted by molar-refractivity contribution is 5.96. The molecule has 1 atom stereocenters. The average Bonchev–Trinajstić information content (AvgIpc) is 2.75. The monoisotopic (exact) mass is 425 g/mol. The number of hydrogen-bond donors (Lipinski definition) is 1. The molecule has 31 heavy (non-hydrogen) atoms. The van der Waals surface area contributed by atoms with Gasteiger partial charge in [-0.3, -0.25) is 9.59 Å². The molecule has 1 unspecified atom stereocenters. The zero-order chi connectivity index (χ0) is 22.2. The minimum atomic E-state index is -1.17. The van der Waals surface area contributed by atoms with Crippen LogP contribution < -0.4 is 15.6 Å². The molecule has 1 N–H and O–H groups in total. The summed E-state index contributed by atoms with van der Waals surface area (Å²) in [5.41, 5.74) is -0.312. The van der Waals surface area contributed by atoms with Crippen molar-refractivity contribution in [2.45, 2.75) is 19.6 Å². The van der Waals surface area contributed by atoms with E-state index in [1.54, 1.807) is 12.1 Å². The highest BCUT2D eigenvalue weighted by atomic mass is 19.1. The number of benzene rings is 2. The molecule has 0 aliphatic rings. The van der Waals surface area contributed by atoms with Gasteiger partial charge in [-0.1, -0.05) is 24.3 Å². The minimum Gasteiger partial charge on any atom is -0.492 e. The van der Waals surface area contributed by atoms with Crippen LogP contribution in [-0.2, 0) is 16.1 Å². The summed E-state index contributed by atoms with van der Waals surface area (Å²) in [6.07, 6.45) is -1.17. The van der Waals surface area contributed by atoms with E-state index in [9.17, 15) is 18.8 Å². The summed E-state index contributed by atoms with van der Waals surface area (Å²) in [6.45, 7) is 1.66. The Morgan fingerprint density at radius 3 is 2.61 bits per heavy atom. The van der Waals surface area contributed by atoms with E-state index in [0.29, 0.717) is 5.75 Å². The minimum absolute atomic E-state index is 0.116. The lowest BCUT2D eigenvalue weighted by Crippen LogP contribution is -2.32. The van der Waals surface area contributed by atoms with Gasteiger partial charge >= 0.3 is 5.97 Å². The molecular weight excluding hydrogens is 405 g/mol. The number of carbonyl (C=O) groups excluding carboxylic acids is 2. The standard InChI is InChI=1S/C22H20FN3O5/c1-15(21(28)24-17-7-5-6-16(23)14-17)31-22(29)19-10-11-20(27)26(25-19)12-13-30-18-8-3-2-4-9-18/h2-11,14-15H,12-13H2,1H3,(H,24,28). The van der Waals surface area contributed by atoms with E-state index in [4.69, 9.17) is 9.47 Å². The summed E-state index contributed by atoms with van der Waals surface area (Å²) in [4.78, 5) is 36.5. The molecular formula is C22H20FN3O5. The number of nitrogens with one attached hydrogen (secondary N) is 1. The third-order valence-corrected chi connectivity index (χ3v) is 4.14. The highest BCUT2D eigenvalue weighted by Gasteiger charge is 2.20. The van der Waals surface area contributed by atoms with Crippen LogP contribution in [0.15, 0.2) is 71.5 Å². The Balaban J connectivity index is 1.58. The van der Waals surface area contributed by atoms with Crippen molar-refractivity contribution < 1.29 is 23.5 Å². The van der Waals surface area contributed by atoms with Gasteiger partial charge in [0.1, 0.15) is 18.2 Å². The first-order valence-corrected chi connectivity index (χ1v) is 9.46. The fourth-order valence-electron chi connectivity index (χ4n) is 2.57. The van der Waals surface area contributed by atoms with Gasteiger partial charge in [0.2, 0.25) is 0 Å². The molecule has 1 heterocycles. The second kappa shape index (κ2) is 10.1. The molecule has 9 heteroatoms. The second-order valence-corrected chi connectivity index (χ2v) is 6.49. The summed E-state index contributed by atoms with van der Waals surface area (Å²) in [5.74, 6) is -1.38. The third kappa shape index (κ3) is 6.23. The second-order valence-electron chi connectivity index (χ2n) is 6.49. The number of rotatable bonds is 8. The molecule has 2 aromatic carbocycles. The summed E-state index contributed by atoms with van der Waals surface area (Å²) in [7, 11) is 0. The van der Waals surface area contributed by atoms with Crippen molar-refractivity contribution >= 4 is 17.6 Å². The lowest BCUT2D eigenvalue weighted by molar-refractivity contribution is -0.123. The zero-order valence-corrected chi connectivity index (χ0v) is 16.7. The van der Waals surface area contributed by atoms with E-state index in [1.165, 1.54) is 37.3 Å². The molecule has 0 radical (unpaired) electrons. The Morgan fingerprint density at radius 1 is 1.10 bits per heavy atom. The Morgan fingerprint density at radius 2 is 1.87 bits per heavy atom. The number of esters is 1. The zero-order valence-electron chi connectivity index (χ0n) is 16.7. The predicted molar refractivity (Wildman–Crippen MR) is 110 cm³/mol. The molecule has 0 saturated carbocycles. The number of aromatic nitrogens is 2. The van der Waals surface area contributed by atoms with Gasteiger partial charge in [-0.05, 0) is 43.3 Å². The number of carbonyl (C=O) groups is 2. The highest BCUT2D eigenvalue weighted by Crippen LogP contribution is 2.11. The number of para-hydroxylation sites is 1. The van der Waals surface area contributed by atoms with E-state index < -0.39 is 29.4 Å². The maximum atomic E-state index is 13.2. The first-order valence-electron chi connectivity index (χ1n) is 9.46. The maximum absolute atomic E-state index is 13.2. The SMILES string of the molecule is CC(OC(=O)c1ccc(=O)n(CCOc2ccccc2)n1)C(=O)Nc1cccc(F)c1. The van der Waals surface area contributed by atoms with Gasteiger partial charge in [0.05, 0.1) is 6.54 Å². The molecule has 0 aliphatic carbocycles. The Bertz CT molecular complexity index is 1120. The van der Waals surface area contributed by atoms with Gasteiger partial charge in [0.15, 0.2) is 11.8 Å².